The van der Waals surface area contributed by atoms with Gasteiger partial charge in [0.1, 0.15) is 17.7 Å². The summed E-state index contributed by atoms with van der Waals surface area (Å²) in [5, 5.41) is 11.5. The first-order valence-corrected chi connectivity index (χ1v) is 12.0. The molecule has 0 aliphatic heterocycles. The molecule has 4 rings (SSSR count). The first kappa shape index (κ1) is 23.9. The van der Waals surface area contributed by atoms with Crippen molar-refractivity contribution < 1.29 is 33.8 Å². The summed E-state index contributed by atoms with van der Waals surface area (Å²) in [5.41, 5.74) is -1.56. The highest BCUT2D eigenvalue weighted by Gasteiger charge is 2.68. The Morgan fingerprint density at radius 2 is 2.00 bits per heavy atom. The van der Waals surface area contributed by atoms with Crippen LogP contribution in [-0.2, 0) is 28.7 Å². The highest BCUT2D eigenvalue weighted by molar-refractivity contribution is 5.94. The standard InChI is InChI=1S/C26H34O7/c1-5-32-17-6-8-24(3)20(11-17)16(13-27)10-18-19-7-9-26(31,22(30)14-33-15(2)28)25(19,4)12-21(29)23(18)24/h11,13,18-19,23,31H,5-10,12,14H2,1-4H3/t18-,19-,23+,24-,25-,26-/m0/s1. The molecular weight excluding hydrogens is 424 g/mol. The van der Waals surface area contributed by atoms with Gasteiger partial charge in [-0.2, -0.15) is 0 Å². The van der Waals surface area contributed by atoms with E-state index in [0.29, 0.717) is 31.4 Å². The molecule has 0 spiro atoms. The molecule has 0 heterocycles. The molecule has 7 heteroatoms. The number of Topliss-reactive ketones (excluding diaryl/α,β-unsaturated/α-hetero) is 2. The number of ether oxygens (including phenoxy) is 2. The van der Waals surface area contributed by atoms with E-state index < -0.39 is 34.8 Å². The largest absolute Gasteiger partial charge is 0.498 e. The summed E-state index contributed by atoms with van der Waals surface area (Å²) in [5.74, 6) is -0.722. The second-order valence-electron chi connectivity index (χ2n) is 10.6. The molecule has 0 aromatic carbocycles. The average Bonchev–Trinajstić information content (AvgIpc) is 3.03. The summed E-state index contributed by atoms with van der Waals surface area (Å²) in [6.45, 7) is 7.10. The maximum atomic E-state index is 13.7. The second kappa shape index (κ2) is 8.19. The lowest BCUT2D eigenvalue weighted by atomic mass is 9.46. The summed E-state index contributed by atoms with van der Waals surface area (Å²) in [4.78, 5) is 50.1. The van der Waals surface area contributed by atoms with E-state index in [1.165, 1.54) is 6.92 Å². The normalized spacial score (nSPS) is 39.7. The number of carbonyl (C=O) groups excluding carboxylic acids is 4. The minimum atomic E-state index is -1.73. The summed E-state index contributed by atoms with van der Waals surface area (Å²) < 4.78 is 10.6. The van der Waals surface area contributed by atoms with Crippen LogP contribution in [-0.4, -0.2) is 47.7 Å². The minimum Gasteiger partial charge on any atom is -0.498 e. The van der Waals surface area contributed by atoms with Gasteiger partial charge >= 0.3 is 5.97 Å². The van der Waals surface area contributed by atoms with Crippen molar-refractivity contribution in [3.63, 3.8) is 0 Å². The van der Waals surface area contributed by atoms with Crippen LogP contribution in [0.3, 0.4) is 0 Å². The van der Waals surface area contributed by atoms with Gasteiger partial charge in [-0.25, -0.2) is 0 Å². The molecule has 2 fully saturated rings. The fourth-order valence-electron chi connectivity index (χ4n) is 7.49. The maximum Gasteiger partial charge on any atom is 0.303 e. The fourth-order valence-corrected chi connectivity index (χ4v) is 7.49. The Morgan fingerprint density at radius 3 is 2.64 bits per heavy atom. The molecular formula is C26H34O7. The first-order chi connectivity index (χ1) is 15.5. The van der Waals surface area contributed by atoms with Crippen LogP contribution in [0.4, 0.5) is 0 Å². The Balaban J connectivity index is 1.73. The number of ketones is 2. The number of aldehydes is 1. The van der Waals surface area contributed by atoms with E-state index in [2.05, 4.69) is 6.92 Å². The molecule has 0 unspecified atom stereocenters. The Bertz CT molecular complexity index is 962. The quantitative estimate of drug-likeness (QED) is 0.481. The number of esters is 1. The van der Waals surface area contributed by atoms with Gasteiger partial charge in [-0.3, -0.25) is 19.2 Å². The van der Waals surface area contributed by atoms with E-state index in [-0.39, 0.29) is 36.4 Å². The van der Waals surface area contributed by atoms with Crippen LogP contribution >= 0.6 is 0 Å². The molecule has 7 nitrogen and oxygen atoms in total. The van der Waals surface area contributed by atoms with Crippen LogP contribution in [0.5, 0.6) is 0 Å². The molecule has 0 amide bonds. The van der Waals surface area contributed by atoms with E-state index in [1.54, 1.807) is 0 Å². The van der Waals surface area contributed by atoms with Crippen LogP contribution in [0.25, 0.3) is 0 Å². The first-order valence-electron chi connectivity index (χ1n) is 12.0. The zero-order chi connectivity index (χ0) is 24.2. The number of hydrogen-bond acceptors (Lipinski definition) is 7. The number of rotatable bonds is 6. The number of carbonyl (C=O) groups is 4. The van der Waals surface area contributed by atoms with Crippen molar-refractivity contribution in [2.24, 2.45) is 28.6 Å². The predicted molar refractivity (Wildman–Crippen MR) is 119 cm³/mol. The van der Waals surface area contributed by atoms with E-state index in [9.17, 15) is 24.3 Å². The highest BCUT2D eigenvalue weighted by atomic mass is 16.5. The van der Waals surface area contributed by atoms with Gasteiger partial charge in [0.05, 0.1) is 12.4 Å². The number of hydrogen-bond donors (Lipinski definition) is 1. The van der Waals surface area contributed by atoms with Crippen LogP contribution in [0.15, 0.2) is 23.0 Å². The van der Waals surface area contributed by atoms with Crippen LogP contribution < -0.4 is 0 Å². The van der Waals surface area contributed by atoms with Gasteiger partial charge in [0, 0.05) is 36.5 Å². The second-order valence-corrected chi connectivity index (χ2v) is 10.6. The van der Waals surface area contributed by atoms with Gasteiger partial charge in [-0.1, -0.05) is 13.8 Å². The van der Waals surface area contributed by atoms with Crippen molar-refractivity contribution in [3.8, 4) is 0 Å². The minimum absolute atomic E-state index is 0.0394. The lowest BCUT2D eigenvalue weighted by Crippen LogP contribution is -2.61. The highest BCUT2D eigenvalue weighted by Crippen LogP contribution is 2.66. The molecule has 33 heavy (non-hydrogen) atoms. The smallest absolute Gasteiger partial charge is 0.303 e. The van der Waals surface area contributed by atoms with Crippen molar-refractivity contribution in [1.82, 2.24) is 0 Å². The van der Waals surface area contributed by atoms with Crippen molar-refractivity contribution in [2.75, 3.05) is 13.2 Å². The summed E-state index contributed by atoms with van der Waals surface area (Å²) >= 11 is 0. The molecule has 0 aromatic rings. The molecule has 4 aliphatic rings. The third-order valence-corrected chi connectivity index (χ3v) is 9.05. The Morgan fingerprint density at radius 1 is 1.27 bits per heavy atom. The molecule has 4 aliphatic carbocycles. The monoisotopic (exact) mass is 458 g/mol. The number of allylic oxidation sites excluding steroid dienone is 4. The van der Waals surface area contributed by atoms with Gasteiger partial charge in [-0.15, -0.1) is 0 Å². The lowest BCUT2D eigenvalue weighted by molar-refractivity contribution is -0.172. The summed E-state index contributed by atoms with van der Waals surface area (Å²) in [6.07, 6.45) is 5.66. The molecule has 6 atom stereocenters. The molecule has 2 saturated carbocycles. The number of fused-ring (bicyclic) bond motifs is 5. The van der Waals surface area contributed by atoms with Crippen molar-refractivity contribution in [2.45, 2.75) is 71.8 Å². The van der Waals surface area contributed by atoms with E-state index >= 15 is 0 Å². The van der Waals surface area contributed by atoms with Gasteiger partial charge in [-0.05, 0) is 61.7 Å². The van der Waals surface area contributed by atoms with Crippen LogP contribution in [0.1, 0.15) is 66.2 Å². The van der Waals surface area contributed by atoms with Crippen LogP contribution in [0, 0.1) is 28.6 Å². The van der Waals surface area contributed by atoms with Crippen molar-refractivity contribution in [1.29, 1.82) is 0 Å². The SMILES string of the molecule is CCOC1=CC2=C(C=O)C[C@@H]3[C@H](C(=O)C[C@@]4(C)[C@H]3CC[C@]4(O)C(=O)COC(C)=O)[C@@]2(C)CC1. The third-order valence-electron chi connectivity index (χ3n) is 9.05. The number of aliphatic hydroxyl groups is 1. The third kappa shape index (κ3) is 3.42. The lowest BCUT2D eigenvalue weighted by Gasteiger charge is -2.57. The Labute approximate surface area is 194 Å². The van der Waals surface area contributed by atoms with E-state index in [4.69, 9.17) is 9.47 Å². The Kier molecular flexibility index (Phi) is 5.92. The zero-order valence-corrected chi connectivity index (χ0v) is 19.9. The summed E-state index contributed by atoms with van der Waals surface area (Å²) in [6, 6.07) is 0. The van der Waals surface area contributed by atoms with Gasteiger partial charge in [0.15, 0.2) is 6.61 Å². The topological polar surface area (TPSA) is 107 Å². The fraction of sp³-hybridized carbons (Fsp3) is 0.692. The maximum absolute atomic E-state index is 13.7. The van der Waals surface area contributed by atoms with Gasteiger partial charge in [0.2, 0.25) is 5.78 Å². The van der Waals surface area contributed by atoms with Gasteiger partial charge in [0.25, 0.3) is 0 Å². The zero-order valence-electron chi connectivity index (χ0n) is 19.9. The molecule has 0 radical (unpaired) electrons. The molecule has 180 valence electrons. The van der Waals surface area contributed by atoms with Crippen molar-refractivity contribution >= 4 is 23.8 Å². The molecule has 0 saturated heterocycles. The van der Waals surface area contributed by atoms with Crippen molar-refractivity contribution in [3.05, 3.63) is 23.0 Å². The van der Waals surface area contributed by atoms with Crippen LogP contribution in [0.2, 0.25) is 0 Å². The summed E-state index contributed by atoms with van der Waals surface area (Å²) in [7, 11) is 0. The van der Waals surface area contributed by atoms with Gasteiger partial charge < -0.3 is 14.6 Å². The average molecular weight is 459 g/mol. The van der Waals surface area contributed by atoms with E-state index in [0.717, 1.165) is 24.0 Å². The van der Waals surface area contributed by atoms with E-state index in [1.807, 2.05) is 19.9 Å². The molecule has 0 bridgehead atoms. The molecule has 1 N–H and O–H groups in total. The predicted octanol–water partition coefficient (Wildman–Crippen LogP) is 3.09. The molecule has 0 aromatic heterocycles. The Hall–Kier alpha value is -2.28.